The Bertz CT molecular complexity index is 1310. The number of carbonyl (C=O) groups excluding carboxylic acids is 2. The Morgan fingerprint density at radius 3 is 2.47 bits per heavy atom. The maximum absolute atomic E-state index is 13.2. The zero-order valence-corrected chi connectivity index (χ0v) is 17.6. The largest absolute Gasteiger partial charge is 0.336 e. The molecule has 5 rings (SSSR count). The fourth-order valence-corrected chi connectivity index (χ4v) is 3.88. The molecule has 2 heterocycles. The third-order valence-corrected chi connectivity index (χ3v) is 5.60. The number of fused-ring (bicyclic) bond motifs is 1. The van der Waals surface area contributed by atoms with E-state index in [1.54, 1.807) is 4.90 Å². The predicted octanol–water partition coefficient (Wildman–Crippen LogP) is 4.99. The third-order valence-electron chi connectivity index (χ3n) is 5.60. The fourth-order valence-electron chi connectivity index (χ4n) is 3.88. The van der Waals surface area contributed by atoms with Crippen LogP contribution >= 0.6 is 0 Å². The summed E-state index contributed by atoms with van der Waals surface area (Å²) >= 11 is 0. The third kappa shape index (κ3) is 3.78. The highest BCUT2D eigenvalue weighted by Crippen LogP contribution is 2.26. The summed E-state index contributed by atoms with van der Waals surface area (Å²) in [5.41, 5.74) is 5.68. The van der Waals surface area contributed by atoms with Crippen molar-refractivity contribution < 1.29 is 9.59 Å². The van der Waals surface area contributed by atoms with Gasteiger partial charge in [0.05, 0.1) is 16.8 Å². The zero-order valence-electron chi connectivity index (χ0n) is 17.6. The minimum Gasteiger partial charge on any atom is -0.336 e. The number of anilines is 2. The van der Waals surface area contributed by atoms with E-state index in [1.165, 1.54) is 5.56 Å². The molecular formula is C26H22N4O2. The molecule has 4 aromatic rings. The van der Waals surface area contributed by atoms with E-state index in [4.69, 9.17) is 4.98 Å². The van der Waals surface area contributed by atoms with Gasteiger partial charge in [-0.3, -0.25) is 9.69 Å². The number of amides is 3. The molecule has 2 N–H and O–H groups in total. The van der Waals surface area contributed by atoms with Gasteiger partial charge in [0.15, 0.2) is 0 Å². The number of pyridine rings is 1. The zero-order chi connectivity index (χ0) is 22.1. The molecule has 0 aliphatic carbocycles. The molecule has 3 aromatic carbocycles. The summed E-state index contributed by atoms with van der Waals surface area (Å²) in [5, 5.41) is 6.57. The maximum atomic E-state index is 13.2. The van der Waals surface area contributed by atoms with Gasteiger partial charge in [-0.15, -0.1) is 0 Å². The van der Waals surface area contributed by atoms with Crippen molar-refractivity contribution >= 4 is 34.2 Å². The van der Waals surface area contributed by atoms with Crippen LogP contribution in [0, 0.1) is 6.92 Å². The van der Waals surface area contributed by atoms with Gasteiger partial charge in [-0.25, -0.2) is 9.78 Å². The van der Waals surface area contributed by atoms with Crippen LogP contribution in [0.1, 0.15) is 15.9 Å². The van der Waals surface area contributed by atoms with E-state index in [0.29, 0.717) is 24.3 Å². The Kier molecular flexibility index (Phi) is 5.03. The average Bonchev–Trinajstić information content (AvgIpc) is 3.25. The van der Waals surface area contributed by atoms with Crippen LogP contribution in [0.2, 0.25) is 0 Å². The quantitative estimate of drug-likeness (QED) is 0.486. The highest BCUT2D eigenvalue weighted by Gasteiger charge is 2.21. The Morgan fingerprint density at radius 1 is 1.00 bits per heavy atom. The second kappa shape index (κ2) is 8.15. The van der Waals surface area contributed by atoms with Crippen molar-refractivity contribution in [2.45, 2.75) is 6.92 Å². The van der Waals surface area contributed by atoms with Crippen molar-refractivity contribution in [1.82, 2.24) is 10.3 Å². The number of para-hydroxylation sites is 1. The van der Waals surface area contributed by atoms with E-state index in [1.807, 2.05) is 85.8 Å². The van der Waals surface area contributed by atoms with Crippen LogP contribution in [-0.2, 0) is 0 Å². The molecule has 6 nitrogen and oxygen atoms in total. The molecule has 1 aliphatic heterocycles. The lowest BCUT2D eigenvalue weighted by atomic mass is 10.0. The molecule has 32 heavy (non-hydrogen) atoms. The lowest BCUT2D eigenvalue weighted by molar-refractivity contribution is 0.102. The number of nitrogens with zero attached hydrogens (tertiary/aromatic N) is 2. The van der Waals surface area contributed by atoms with Crippen LogP contribution in [0.25, 0.3) is 22.2 Å². The Hall–Kier alpha value is -4.19. The van der Waals surface area contributed by atoms with E-state index in [9.17, 15) is 9.59 Å². The Labute approximate surface area is 185 Å². The SMILES string of the molecule is Cc1ccc(-c2cc(C(=O)Nc3ccc(N4CCNC4=O)cc3)c3ccccc3n2)cc1. The van der Waals surface area contributed by atoms with E-state index in [0.717, 1.165) is 27.8 Å². The van der Waals surface area contributed by atoms with Crippen molar-refractivity contribution in [2.75, 3.05) is 23.3 Å². The maximum Gasteiger partial charge on any atom is 0.321 e. The monoisotopic (exact) mass is 422 g/mol. The van der Waals surface area contributed by atoms with E-state index < -0.39 is 0 Å². The molecule has 0 spiro atoms. The first-order valence-corrected chi connectivity index (χ1v) is 10.5. The summed E-state index contributed by atoms with van der Waals surface area (Å²) in [5.74, 6) is -0.205. The average molecular weight is 422 g/mol. The fraction of sp³-hybridized carbons (Fsp3) is 0.115. The minimum absolute atomic E-state index is 0.103. The molecule has 1 aliphatic rings. The second-order valence-corrected chi connectivity index (χ2v) is 7.82. The van der Waals surface area contributed by atoms with Gasteiger partial charge in [0.2, 0.25) is 0 Å². The molecule has 1 aromatic heterocycles. The first-order valence-electron chi connectivity index (χ1n) is 10.5. The van der Waals surface area contributed by atoms with Gasteiger partial charge in [0, 0.05) is 35.4 Å². The van der Waals surface area contributed by atoms with Crippen LogP contribution in [0.15, 0.2) is 78.9 Å². The van der Waals surface area contributed by atoms with Crippen molar-refractivity contribution in [2.24, 2.45) is 0 Å². The lowest BCUT2D eigenvalue weighted by Crippen LogP contribution is -2.27. The normalized spacial score (nSPS) is 13.3. The van der Waals surface area contributed by atoms with Crippen molar-refractivity contribution in [3.05, 3.63) is 90.0 Å². The number of aryl methyl sites for hydroxylation is 1. The molecule has 6 heteroatoms. The van der Waals surface area contributed by atoms with E-state index in [2.05, 4.69) is 10.6 Å². The number of nitrogens with one attached hydrogen (secondary N) is 2. The van der Waals surface area contributed by atoms with Crippen LogP contribution in [-0.4, -0.2) is 30.0 Å². The molecule has 0 unspecified atom stereocenters. The van der Waals surface area contributed by atoms with Gasteiger partial charge in [-0.1, -0.05) is 48.0 Å². The first kappa shape index (κ1) is 19.8. The predicted molar refractivity (Wildman–Crippen MR) is 127 cm³/mol. The van der Waals surface area contributed by atoms with Crippen LogP contribution < -0.4 is 15.5 Å². The Morgan fingerprint density at radius 2 is 1.75 bits per heavy atom. The van der Waals surface area contributed by atoms with Crippen LogP contribution in [0.5, 0.6) is 0 Å². The standard InChI is InChI=1S/C26H22N4O2/c1-17-6-8-18(9-7-17)24-16-22(21-4-2-3-5-23(21)29-24)25(31)28-19-10-12-20(13-11-19)30-15-14-27-26(30)32/h2-13,16H,14-15H2,1H3,(H,27,32)(H,28,31). The number of aromatic nitrogens is 1. The summed E-state index contributed by atoms with van der Waals surface area (Å²) in [4.78, 5) is 31.5. The van der Waals surface area contributed by atoms with Gasteiger partial charge in [-0.2, -0.15) is 0 Å². The molecule has 0 atom stereocenters. The smallest absolute Gasteiger partial charge is 0.321 e. The minimum atomic E-state index is -0.205. The van der Waals surface area contributed by atoms with Crippen LogP contribution in [0.3, 0.4) is 0 Å². The molecule has 0 radical (unpaired) electrons. The second-order valence-electron chi connectivity index (χ2n) is 7.82. The number of benzene rings is 3. The van der Waals surface area contributed by atoms with Gasteiger partial charge in [0.1, 0.15) is 0 Å². The lowest BCUT2D eigenvalue weighted by Gasteiger charge is -2.15. The summed E-state index contributed by atoms with van der Waals surface area (Å²) in [7, 11) is 0. The molecule has 0 saturated carbocycles. The molecule has 1 fully saturated rings. The van der Waals surface area contributed by atoms with E-state index in [-0.39, 0.29) is 11.9 Å². The van der Waals surface area contributed by atoms with Gasteiger partial charge in [-0.05, 0) is 43.3 Å². The van der Waals surface area contributed by atoms with Gasteiger partial charge >= 0.3 is 6.03 Å². The van der Waals surface area contributed by atoms with Crippen molar-refractivity contribution in [3.8, 4) is 11.3 Å². The number of hydrogen-bond donors (Lipinski definition) is 2. The highest BCUT2D eigenvalue weighted by molar-refractivity contribution is 6.13. The molecule has 0 bridgehead atoms. The Balaban J connectivity index is 1.46. The van der Waals surface area contributed by atoms with E-state index >= 15 is 0 Å². The molecule has 158 valence electrons. The van der Waals surface area contributed by atoms with Gasteiger partial charge < -0.3 is 10.6 Å². The van der Waals surface area contributed by atoms with Crippen LogP contribution in [0.4, 0.5) is 16.2 Å². The van der Waals surface area contributed by atoms with Crippen molar-refractivity contribution in [3.63, 3.8) is 0 Å². The molecule has 3 amide bonds. The summed E-state index contributed by atoms with van der Waals surface area (Å²) in [6.45, 7) is 3.31. The first-order chi connectivity index (χ1) is 15.6. The topological polar surface area (TPSA) is 74.3 Å². The highest BCUT2D eigenvalue weighted by atomic mass is 16.2. The summed E-state index contributed by atoms with van der Waals surface area (Å²) < 4.78 is 0. The van der Waals surface area contributed by atoms with Gasteiger partial charge in [0.25, 0.3) is 5.91 Å². The molecule has 1 saturated heterocycles. The van der Waals surface area contributed by atoms with Crippen molar-refractivity contribution in [1.29, 1.82) is 0 Å². The number of urea groups is 1. The number of rotatable bonds is 4. The number of hydrogen-bond acceptors (Lipinski definition) is 3. The molecular weight excluding hydrogens is 400 g/mol. The summed E-state index contributed by atoms with van der Waals surface area (Å²) in [6, 6.07) is 24.8. The number of carbonyl (C=O) groups is 2. The summed E-state index contributed by atoms with van der Waals surface area (Å²) in [6.07, 6.45) is 0.